The summed E-state index contributed by atoms with van der Waals surface area (Å²) in [6.07, 6.45) is 10.6. The summed E-state index contributed by atoms with van der Waals surface area (Å²) in [4.78, 5) is 25.3. The number of H-pyrrole nitrogens is 7. The lowest BCUT2D eigenvalue weighted by atomic mass is 9.98. The number of hydrogen-bond acceptors (Lipinski definition) is 17. The van der Waals surface area contributed by atoms with E-state index in [0.29, 0.717) is 63.6 Å². The van der Waals surface area contributed by atoms with Gasteiger partial charge in [0.25, 0.3) is 5.56 Å². The number of carboxylic acid groups (broad SMARTS) is 1. The standard InChI is InChI=1S/C11H11N5O.C8H7N3O2.C7H11N3.C6H6N4.C6H9N3.C5H9N3O/c1-17-8-4-2-7(3-5-8)14-11-9(6-12)10(13)15-16-11;9-7-5-2-1-4(8(12)13)3-6(5)10-11-7;8-7-5-3-1-2-4-6(5)9-10-7;7-5-4-2-1-3-8-6(4)10-9-5;7-6-4-2-1-3-5(4)8-9-6;1-2-3-4(6)7-8-5(3)9/h2-5H,1H3,(H4,13,14,15,16);1-3H,(H,12,13)(H3,9,10,11);1-4H2,(H3,8,9,10);1-3H,(H3,7,8,9,10);1-3H2,(H3,7,8,9);2H2,1H3,(H4,6,7,8,9). The Morgan fingerprint density at radius 3 is 1.99 bits per heavy atom. The predicted octanol–water partition coefficient (Wildman–Crippen LogP) is 4.20. The molecule has 11 rings (SSSR count). The van der Waals surface area contributed by atoms with E-state index < -0.39 is 5.97 Å². The Labute approximate surface area is 386 Å². The van der Waals surface area contributed by atoms with Gasteiger partial charge in [-0.2, -0.15) is 30.8 Å². The van der Waals surface area contributed by atoms with Crippen LogP contribution in [0.1, 0.15) is 70.2 Å². The van der Waals surface area contributed by atoms with Crippen molar-refractivity contribution in [3.05, 3.63) is 110 Å². The number of nitrogens with zero attached hydrogens (tertiary/aromatic N) is 7. The van der Waals surface area contributed by atoms with Gasteiger partial charge in [0.15, 0.2) is 17.3 Å². The van der Waals surface area contributed by atoms with Crippen LogP contribution in [-0.4, -0.2) is 84.4 Å². The number of benzene rings is 2. The van der Waals surface area contributed by atoms with Crippen LogP contribution in [0.15, 0.2) is 65.6 Å². The third kappa shape index (κ3) is 11.8. The Balaban J connectivity index is 0.000000136. The maximum Gasteiger partial charge on any atom is 0.335 e. The summed E-state index contributed by atoms with van der Waals surface area (Å²) in [5, 5.41) is 60.2. The minimum atomic E-state index is -0.963. The molecular formula is C43H53N21O4. The highest BCUT2D eigenvalue weighted by Crippen LogP contribution is 2.25. The van der Waals surface area contributed by atoms with Crippen LogP contribution in [0, 0.1) is 11.3 Å². The number of nitrogen functional groups attached to an aromatic ring is 6. The minimum absolute atomic E-state index is 0.116. The third-order valence-corrected chi connectivity index (χ3v) is 10.6. The number of hydrogen-bond donors (Lipinski definition) is 15. The Hall–Kier alpha value is -9.47. The zero-order valence-electron chi connectivity index (χ0n) is 37.2. The average Bonchev–Trinajstić information content (AvgIpc) is 4.25. The lowest BCUT2D eigenvalue weighted by molar-refractivity contribution is 0.0697. The summed E-state index contributed by atoms with van der Waals surface area (Å²) in [6.45, 7) is 1.88. The molecule has 7 aromatic heterocycles. The molecule has 2 aliphatic carbocycles. The molecule has 21 N–H and O–H groups in total. The zero-order valence-corrected chi connectivity index (χ0v) is 37.2. The Morgan fingerprint density at radius 2 is 1.40 bits per heavy atom. The van der Waals surface area contributed by atoms with Crippen molar-refractivity contribution in [3.8, 4) is 11.8 Å². The van der Waals surface area contributed by atoms with Crippen molar-refractivity contribution in [3.63, 3.8) is 0 Å². The molecule has 0 radical (unpaired) electrons. The SMILES string of the molecule is CCc1c(N)[nH][nH]c1=O.COc1ccc(Nc2n[nH]c(N)c2C#N)cc1.Nc1[nH]nc2ncccc12.Nc1n[nH]c2c1CCC2.Nc1n[nH]c2c1CCCC2.Nc1n[nH]c2cc(C(=O)O)ccc12. The van der Waals surface area contributed by atoms with Gasteiger partial charge in [-0.3, -0.25) is 40.5 Å². The summed E-state index contributed by atoms with van der Waals surface area (Å²) in [5.74, 6) is 3.26. The Bertz CT molecular complexity index is 3160. The van der Waals surface area contributed by atoms with E-state index >= 15 is 0 Å². The minimum Gasteiger partial charge on any atom is -0.497 e. The van der Waals surface area contributed by atoms with Crippen LogP contribution in [0.3, 0.4) is 0 Å². The first-order valence-electron chi connectivity index (χ1n) is 21.2. The second kappa shape index (κ2) is 22.4. The molecule has 0 fully saturated rings. The number of carbonyl (C=O) groups is 1. The van der Waals surface area contributed by atoms with Crippen molar-refractivity contribution in [1.29, 1.82) is 5.26 Å². The summed E-state index contributed by atoms with van der Waals surface area (Å²) in [5.41, 5.74) is 41.3. The number of nitrogens with two attached hydrogens (primary N) is 6. The van der Waals surface area contributed by atoms with Crippen LogP contribution in [-0.2, 0) is 32.1 Å². The van der Waals surface area contributed by atoms with Gasteiger partial charge in [-0.05, 0) is 106 Å². The van der Waals surface area contributed by atoms with Gasteiger partial charge in [0, 0.05) is 39.8 Å². The molecule has 2 aromatic carbocycles. The summed E-state index contributed by atoms with van der Waals surface area (Å²) in [6, 6.07) is 17.6. The molecule has 354 valence electrons. The number of aromatic carboxylic acids is 1. The number of pyridine rings is 1. The van der Waals surface area contributed by atoms with Gasteiger partial charge in [0.05, 0.1) is 29.1 Å². The maximum absolute atomic E-state index is 10.7. The molecule has 0 saturated carbocycles. The fourth-order valence-corrected chi connectivity index (χ4v) is 7.01. The highest BCUT2D eigenvalue weighted by atomic mass is 16.5. The summed E-state index contributed by atoms with van der Waals surface area (Å²) >= 11 is 0. The molecular weight excluding hydrogens is 875 g/mol. The van der Waals surface area contributed by atoms with Crippen molar-refractivity contribution in [2.45, 2.75) is 58.3 Å². The topological polar surface area (TPSA) is 443 Å². The van der Waals surface area contributed by atoms with Crippen molar-refractivity contribution < 1.29 is 14.6 Å². The molecule has 0 unspecified atom stereocenters. The molecule has 0 amide bonds. The van der Waals surface area contributed by atoms with E-state index in [1.807, 2.05) is 49.4 Å². The number of fused-ring (bicyclic) bond motifs is 4. The van der Waals surface area contributed by atoms with Gasteiger partial charge in [-0.15, -0.1) is 0 Å². The molecule has 0 aliphatic heterocycles. The van der Waals surface area contributed by atoms with Crippen LogP contribution in [0.5, 0.6) is 5.75 Å². The second-order valence-electron chi connectivity index (χ2n) is 15.0. The fourth-order valence-electron chi connectivity index (χ4n) is 7.01. The van der Waals surface area contributed by atoms with Gasteiger partial charge in [0.1, 0.15) is 46.5 Å². The van der Waals surface area contributed by atoms with E-state index in [4.69, 9.17) is 49.5 Å². The number of ether oxygens (including phenoxy) is 1. The van der Waals surface area contributed by atoms with Crippen LogP contribution in [0.4, 0.5) is 46.4 Å². The molecule has 7 heterocycles. The van der Waals surface area contributed by atoms with E-state index in [0.717, 1.165) is 47.9 Å². The smallest absolute Gasteiger partial charge is 0.335 e. The van der Waals surface area contributed by atoms with Crippen LogP contribution >= 0.6 is 0 Å². The lowest BCUT2D eigenvalue weighted by Crippen LogP contribution is -2.04. The van der Waals surface area contributed by atoms with Crippen LogP contribution < -0.4 is 50.0 Å². The zero-order chi connectivity index (χ0) is 48.7. The number of carboxylic acids is 1. The molecule has 25 heteroatoms. The van der Waals surface area contributed by atoms with Gasteiger partial charge in [-0.1, -0.05) is 6.92 Å². The number of rotatable bonds is 5. The monoisotopic (exact) mass is 927 g/mol. The van der Waals surface area contributed by atoms with E-state index in [1.54, 1.807) is 19.4 Å². The Kier molecular flexibility index (Phi) is 15.8. The number of aromatic amines is 7. The molecule has 0 atom stereocenters. The van der Waals surface area contributed by atoms with Crippen molar-refractivity contribution >= 4 is 74.3 Å². The molecule has 68 heavy (non-hydrogen) atoms. The van der Waals surface area contributed by atoms with Crippen molar-refractivity contribution in [2.75, 3.05) is 46.8 Å². The maximum atomic E-state index is 10.7. The number of aromatic nitrogens is 13. The van der Waals surface area contributed by atoms with Gasteiger partial charge >= 0.3 is 5.97 Å². The fraction of sp³-hybridized carbons (Fsp3) is 0.233. The van der Waals surface area contributed by atoms with Crippen LogP contribution in [0.25, 0.3) is 21.9 Å². The second-order valence-corrected chi connectivity index (χ2v) is 15.0. The first-order chi connectivity index (χ1) is 32.8. The highest BCUT2D eigenvalue weighted by molar-refractivity contribution is 5.96. The third-order valence-electron chi connectivity index (χ3n) is 10.6. The first-order valence-corrected chi connectivity index (χ1v) is 21.2. The quantitative estimate of drug-likeness (QED) is 0.115. The van der Waals surface area contributed by atoms with E-state index in [9.17, 15) is 9.59 Å². The normalized spacial score (nSPS) is 11.8. The molecule has 0 spiro atoms. The van der Waals surface area contributed by atoms with E-state index in [-0.39, 0.29) is 16.9 Å². The summed E-state index contributed by atoms with van der Waals surface area (Å²) in [7, 11) is 1.60. The van der Waals surface area contributed by atoms with E-state index in [2.05, 4.69) is 71.5 Å². The molecule has 2 aliphatic rings. The number of nitrogens with one attached hydrogen (secondary N) is 8. The van der Waals surface area contributed by atoms with Gasteiger partial charge in [-0.25, -0.2) is 9.78 Å². The number of nitriles is 1. The van der Waals surface area contributed by atoms with E-state index in [1.165, 1.54) is 53.9 Å². The number of methoxy groups -OCH3 is 1. The van der Waals surface area contributed by atoms with Gasteiger partial charge < -0.3 is 49.6 Å². The first kappa shape index (κ1) is 48.0. The van der Waals surface area contributed by atoms with Crippen molar-refractivity contribution in [1.82, 2.24) is 66.2 Å². The molecule has 0 saturated heterocycles. The number of aryl methyl sites for hydroxylation is 2. The lowest BCUT2D eigenvalue weighted by Gasteiger charge is -2.08. The Morgan fingerprint density at radius 1 is 0.750 bits per heavy atom. The summed E-state index contributed by atoms with van der Waals surface area (Å²) < 4.78 is 5.05. The van der Waals surface area contributed by atoms with Crippen molar-refractivity contribution in [2.24, 2.45) is 0 Å². The molecule has 0 bridgehead atoms. The average molecular weight is 928 g/mol. The van der Waals surface area contributed by atoms with Crippen LogP contribution in [0.2, 0.25) is 0 Å². The van der Waals surface area contributed by atoms with Gasteiger partial charge in [0.2, 0.25) is 0 Å². The highest BCUT2D eigenvalue weighted by Gasteiger charge is 2.16. The molecule has 25 nitrogen and oxygen atoms in total. The largest absolute Gasteiger partial charge is 0.497 e. The molecule has 9 aromatic rings. The number of anilines is 8. The predicted molar refractivity (Wildman–Crippen MR) is 260 cm³/mol.